The van der Waals surface area contributed by atoms with Crippen molar-refractivity contribution in [3.8, 4) is 0 Å². The van der Waals surface area contributed by atoms with Crippen LogP contribution < -0.4 is 0 Å². The molecule has 2 fully saturated rings. The maximum Gasteiger partial charge on any atom is 0.310 e. The van der Waals surface area contributed by atoms with Crippen LogP contribution in [0.1, 0.15) is 19.8 Å². The van der Waals surface area contributed by atoms with Crippen molar-refractivity contribution in [1.82, 2.24) is 14.7 Å². The smallest absolute Gasteiger partial charge is 0.310 e. The lowest BCUT2D eigenvalue weighted by molar-refractivity contribution is -0.149. The summed E-state index contributed by atoms with van der Waals surface area (Å²) in [5.74, 6) is 0.0907. The molecule has 2 rings (SSSR count). The van der Waals surface area contributed by atoms with Gasteiger partial charge in [0, 0.05) is 45.8 Å². The quantitative estimate of drug-likeness (QED) is 0.687. The van der Waals surface area contributed by atoms with Gasteiger partial charge in [-0.15, -0.1) is 0 Å². The first-order chi connectivity index (χ1) is 9.69. The highest BCUT2D eigenvalue weighted by Gasteiger charge is 2.27. The Morgan fingerprint density at radius 1 is 1.10 bits per heavy atom. The first-order valence-corrected chi connectivity index (χ1v) is 7.99. The van der Waals surface area contributed by atoms with Gasteiger partial charge in [0.2, 0.25) is 0 Å². The van der Waals surface area contributed by atoms with E-state index < -0.39 is 0 Å². The minimum absolute atomic E-state index is 0.00297. The fourth-order valence-electron chi connectivity index (χ4n) is 3.07. The average Bonchev–Trinajstić information content (AvgIpc) is 2.47. The molecule has 0 saturated carbocycles. The van der Waals surface area contributed by atoms with E-state index in [1.807, 2.05) is 6.92 Å². The van der Waals surface area contributed by atoms with Gasteiger partial charge in [-0.2, -0.15) is 0 Å². The van der Waals surface area contributed by atoms with Gasteiger partial charge in [0.25, 0.3) is 0 Å². The Hall–Kier alpha value is -0.650. The van der Waals surface area contributed by atoms with Crippen molar-refractivity contribution < 1.29 is 9.53 Å². The summed E-state index contributed by atoms with van der Waals surface area (Å²) < 4.78 is 5.15. The molecule has 2 aliphatic rings. The van der Waals surface area contributed by atoms with Crippen molar-refractivity contribution in [3.63, 3.8) is 0 Å². The first kappa shape index (κ1) is 15.7. The second-order valence-corrected chi connectivity index (χ2v) is 6.04. The van der Waals surface area contributed by atoms with Crippen molar-refractivity contribution in [3.05, 3.63) is 0 Å². The van der Waals surface area contributed by atoms with Crippen LogP contribution in [0.4, 0.5) is 0 Å². The van der Waals surface area contributed by atoms with Crippen LogP contribution in [-0.4, -0.2) is 86.7 Å². The summed E-state index contributed by atoms with van der Waals surface area (Å²) in [7, 11) is 2.19. The number of likely N-dealkylation sites (tertiary alicyclic amines) is 1. The first-order valence-electron chi connectivity index (χ1n) is 7.99. The highest BCUT2D eigenvalue weighted by atomic mass is 16.5. The Kier molecular flexibility index (Phi) is 6.26. The van der Waals surface area contributed by atoms with E-state index in [0.717, 1.165) is 39.0 Å². The monoisotopic (exact) mass is 283 g/mol. The maximum absolute atomic E-state index is 11.8. The zero-order valence-corrected chi connectivity index (χ0v) is 13.0. The lowest BCUT2D eigenvalue weighted by atomic mass is 9.98. The Morgan fingerprint density at radius 3 is 2.50 bits per heavy atom. The second kappa shape index (κ2) is 7.96. The van der Waals surface area contributed by atoms with Crippen LogP contribution in [-0.2, 0) is 9.53 Å². The fraction of sp³-hybridized carbons (Fsp3) is 0.933. The molecule has 0 aromatic rings. The molecule has 0 aromatic carbocycles. The predicted molar refractivity (Wildman–Crippen MR) is 79.7 cm³/mol. The summed E-state index contributed by atoms with van der Waals surface area (Å²) in [4.78, 5) is 19.2. The van der Waals surface area contributed by atoms with E-state index in [4.69, 9.17) is 4.74 Å². The number of carbonyl (C=O) groups is 1. The lowest BCUT2D eigenvalue weighted by Gasteiger charge is -2.36. The van der Waals surface area contributed by atoms with Crippen LogP contribution in [0.2, 0.25) is 0 Å². The molecule has 116 valence electrons. The van der Waals surface area contributed by atoms with E-state index in [2.05, 4.69) is 21.7 Å². The van der Waals surface area contributed by atoms with Gasteiger partial charge >= 0.3 is 5.97 Å². The zero-order chi connectivity index (χ0) is 14.4. The third-order valence-electron chi connectivity index (χ3n) is 4.45. The molecule has 0 aliphatic carbocycles. The highest BCUT2D eigenvalue weighted by Crippen LogP contribution is 2.17. The minimum atomic E-state index is -0.00297. The van der Waals surface area contributed by atoms with Crippen LogP contribution in [0.3, 0.4) is 0 Å². The fourth-order valence-corrected chi connectivity index (χ4v) is 3.07. The molecular formula is C15H29N3O2. The molecule has 2 heterocycles. The molecule has 0 spiro atoms. The number of ether oxygens (including phenoxy) is 1. The van der Waals surface area contributed by atoms with Gasteiger partial charge < -0.3 is 14.5 Å². The van der Waals surface area contributed by atoms with Gasteiger partial charge in [-0.3, -0.25) is 9.69 Å². The summed E-state index contributed by atoms with van der Waals surface area (Å²) >= 11 is 0. The number of likely N-dealkylation sites (N-methyl/N-ethyl adjacent to an activating group) is 1. The number of hydrogen-bond acceptors (Lipinski definition) is 5. The third-order valence-corrected chi connectivity index (χ3v) is 4.45. The summed E-state index contributed by atoms with van der Waals surface area (Å²) in [6.07, 6.45) is 2.11. The van der Waals surface area contributed by atoms with Crippen LogP contribution >= 0.6 is 0 Å². The molecule has 1 atom stereocenters. The second-order valence-electron chi connectivity index (χ2n) is 6.04. The van der Waals surface area contributed by atoms with E-state index >= 15 is 0 Å². The predicted octanol–water partition coefficient (Wildman–Crippen LogP) is 0.509. The molecule has 5 nitrogen and oxygen atoms in total. The Morgan fingerprint density at radius 2 is 1.80 bits per heavy atom. The summed E-state index contributed by atoms with van der Waals surface area (Å²) in [6.45, 7) is 11.3. The van der Waals surface area contributed by atoms with E-state index in [9.17, 15) is 4.79 Å². The number of carbonyl (C=O) groups excluding carboxylic acids is 1. The molecule has 2 saturated heterocycles. The summed E-state index contributed by atoms with van der Waals surface area (Å²) in [6, 6.07) is 0. The van der Waals surface area contributed by atoms with Gasteiger partial charge in [0.15, 0.2) is 0 Å². The molecule has 0 N–H and O–H groups in total. The average molecular weight is 283 g/mol. The molecule has 0 bridgehead atoms. The Labute approximate surface area is 122 Å². The molecule has 0 amide bonds. The number of rotatable bonds is 5. The van der Waals surface area contributed by atoms with Gasteiger partial charge in [-0.1, -0.05) is 0 Å². The number of piperazine rings is 1. The van der Waals surface area contributed by atoms with Gasteiger partial charge in [0.1, 0.15) is 0 Å². The van der Waals surface area contributed by atoms with E-state index in [-0.39, 0.29) is 11.9 Å². The Balaban J connectivity index is 1.69. The number of hydrogen-bond donors (Lipinski definition) is 0. The SMILES string of the molecule is CCOC(=O)[C@@H]1CCCN(CCN2CCN(C)CC2)C1. The third kappa shape index (κ3) is 4.72. The molecule has 2 aliphatic heterocycles. The molecule has 0 unspecified atom stereocenters. The molecule has 5 heteroatoms. The van der Waals surface area contributed by atoms with E-state index in [1.54, 1.807) is 0 Å². The van der Waals surface area contributed by atoms with Crippen molar-refractivity contribution in [2.75, 3.05) is 66.0 Å². The molecule has 0 radical (unpaired) electrons. The normalized spacial score (nSPS) is 26.6. The molecule has 0 aromatic heterocycles. The van der Waals surface area contributed by atoms with Crippen LogP contribution in [0.15, 0.2) is 0 Å². The van der Waals surface area contributed by atoms with Crippen molar-refractivity contribution in [2.45, 2.75) is 19.8 Å². The van der Waals surface area contributed by atoms with Gasteiger partial charge in [-0.25, -0.2) is 0 Å². The summed E-state index contributed by atoms with van der Waals surface area (Å²) in [5.41, 5.74) is 0. The largest absolute Gasteiger partial charge is 0.466 e. The minimum Gasteiger partial charge on any atom is -0.466 e. The highest BCUT2D eigenvalue weighted by molar-refractivity contribution is 5.72. The molecular weight excluding hydrogens is 254 g/mol. The van der Waals surface area contributed by atoms with Crippen LogP contribution in [0.25, 0.3) is 0 Å². The number of piperidine rings is 1. The Bertz CT molecular complexity index is 303. The number of esters is 1. The molecule has 20 heavy (non-hydrogen) atoms. The standard InChI is InChI=1S/C15H29N3O2/c1-3-20-15(19)14-5-4-6-18(13-14)12-11-17-9-7-16(2)8-10-17/h14H,3-13H2,1-2H3/t14-/m1/s1. The topological polar surface area (TPSA) is 36.0 Å². The van der Waals surface area contributed by atoms with Crippen molar-refractivity contribution in [1.29, 1.82) is 0 Å². The van der Waals surface area contributed by atoms with Crippen molar-refractivity contribution >= 4 is 5.97 Å². The van der Waals surface area contributed by atoms with E-state index in [1.165, 1.54) is 26.2 Å². The summed E-state index contributed by atoms with van der Waals surface area (Å²) in [5, 5.41) is 0. The van der Waals surface area contributed by atoms with Gasteiger partial charge in [0.05, 0.1) is 12.5 Å². The van der Waals surface area contributed by atoms with E-state index in [0.29, 0.717) is 6.61 Å². The maximum atomic E-state index is 11.8. The van der Waals surface area contributed by atoms with Crippen LogP contribution in [0, 0.1) is 5.92 Å². The zero-order valence-electron chi connectivity index (χ0n) is 13.0. The van der Waals surface area contributed by atoms with Gasteiger partial charge in [-0.05, 0) is 33.4 Å². The number of nitrogens with zero attached hydrogens (tertiary/aromatic N) is 3. The lowest BCUT2D eigenvalue weighted by Crippen LogP contribution is -2.48. The van der Waals surface area contributed by atoms with Crippen molar-refractivity contribution in [2.24, 2.45) is 5.92 Å². The van der Waals surface area contributed by atoms with Crippen LogP contribution in [0.5, 0.6) is 0 Å².